The lowest BCUT2D eigenvalue weighted by Gasteiger charge is -2.05. The van der Waals surface area contributed by atoms with Crippen LogP contribution in [-0.2, 0) is 4.57 Å². The van der Waals surface area contributed by atoms with Gasteiger partial charge < -0.3 is 0 Å². The first-order chi connectivity index (χ1) is 5.25. The summed E-state index contributed by atoms with van der Waals surface area (Å²) in [5.74, 6) is 0. The second-order valence-corrected chi connectivity index (χ2v) is 3.65. The maximum absolute atomic E-state index is 10.7. The lowest BCUT2D eigenvalue weighted by molar-refractivity contribution is 0.597. The molecule has 2 atom stereocenters. The Morgan fingerprint density at radius 1 is 1.45 bits per heavy atom. The Balaban J connectivity index is 2.97. The summed E-state index contributed by atoms with van der Waals surface area (Å²) in [5, 5.41) is 0. The molecule has 11 heavy (non-hydrogen) atoms. The molecule has 1 rings (SSSR count). The predicted molar refractivity (Wildman–Crippen MR) is 49.4 cm³/mol. The average molecular weight is 167 g/mol. The van der Waals surface area contributed by atoms with Crippen LogP contribution in [0.1, 0.15) is 13.8 Å². The van der Waals surface area contributed by atoms with Crippen molar-refractivity contribution in [2.45, 2.75) is 19.5 Å². The minimum Gasteiger partial charge on any atom is -0.0764 e. The van der Waals surface area contributed by atoms with E-state index in [-0.39, 0.29) is 14.1 Å². The Labute approximate surface area is 68.7 Å². The molecule has 2 heteroatoms. The summed E-state index contributed by atoms with van der Waals surface area (Å²) in [4.78, 5) is 0. The largest absolute Gasteiger partial charge is 0.336 e. The van der Waals surface area contributed by atoms with Crippen molar-refractivity contribution in [3.05, 3.63) is 35.5 Å². The summed E-state index contributed by atoms with van der Waals surface area (Å²) in [5.41, 5.74) is 2.57. The van der Waals surface area contributed by atoms with E-state index in [9.17, 15) is 4.57 Å². The minimum atomic E-state index is -0.266. The summed E-state index contributed by atoms with van der Waals surface area (Å²) in [7, 11) is -0.266. The summed E-state index contributed by atoms with van der Waals surface area (Å²) < 4.78 is 10.7. The fourth-order valence-corrected chi connectivity index (χ4v) is 1.82. The highest BCUT2D eigenvalue weighted by atomic mass is 31.1. The normalized spacial score (nSPS) is 22.7. The van der Waals surface area contributed by atoms with Crippen LogP contribution in [0.15, 0.2) is 35.5 Å². The molecule has 1 aliphatic carbocycles. The van der Waals surface area contributed by atoms with Crippen LogP contribution in [-0.4, -0.2) is 5.66 Å². The molecule has 0 aliphatic heterocycles. The fourth-order valence-electron chi connectivity index (χ4n) is 1.12. The van der Waals surface area contributed by atoms with Crippen molar-refractivity contribution in [2.24, 2.45) is 0 Å². The van der Waals surface area contributed by atoms with E-state index in [1.54, 1.807) is 0 Å². The molecule has 0 amide bonds. The third kappa shape index (κ3) is 1.87. The smallest absolute Gasteiger partial charge is 0.0764 e. The van der Waals surface area contributed by atoms with E-state index in [4.69, 9.17) is 0 Å². The third-order valence-electron chi connectivity index (χ3n) is 1.73. The summed E-state index contributed by atoms with van der Waals surface area (Å²) >= 11 is 0. The third-order valence-corrected chi connectivity index (χ3v) is 2.49. The van der Waals surface area contributed by atoms with Crippen LogP contribution in [0.4, 0.5) is 0 Å². The van der Waals surface area contributed by atoms with E-state index in [1.807, 2.05) is 38.2 Å². The van der Waals surface area contributed by atoms with Crippen LogP contribution < -0.4 is 0 Å². The van der Waals surface area contributed by atoms with E-state index >= 15 is 0 Å². The van der Waals surface area contributed by atoms with Gasteiger partial charge in [0.25, 0.3) is 0 Å². The molecular formula is C9H12OP+. The van der Waals surface area contributed by atoms with Crippen LogP contribution in [0.5, 0.6) is 0 Å². The molecular weight excluding hydrogens is 155 g/mol. The lowest BCUT2D eigenvalue weighted by atomic mass is 10.0. The van der Waals surface area contributed by atoms with Crippen molar-refractivity contribution in [1.29, 1.82) is 0 Å². The zero-order valence-electron chi connectivity index (χ0n) is 6.79. The number of rotatable bonds is 1. The lowest BCUT2D eigenvalue weighted by Crippen LogP contribution is -2.01. The van der Waals surface area contributed by atoms with Gasteiger partial charge in [0.05, 0.1) is 0 Å². The quantitative estimate of drug-likeness (QED) is 0.549. The molecule has 0 aromatic rings. The molecule has 58 valence electrons. The van der Waals surface area contributed by atoms with Gasteiger partial charge in [0.1, 0.15) is 0 Å². The average Bonchev–Trinajstić information content (AvgIpc) is 2.04. The molecule has 0 bridgehead atoms. The van der Waals surface area contributed by atoms with Gasteiger partial charge in [-0.15, -0.1) is 0 Å². The highest BCUT2D eigenvalue weighted by Crippen LogP contribution is 2.25. The predicted octanol–water partition coefficient (Wildman–Crippen LogP) is 2.84. The van der Waals surface area contributed by atoms with E-state index in [2.05, 4.69) is 0 Å². The number of hydrogen-bond donors (Lipinski definition) is 0. The topological polar surface area (TPSA) is 17.1 Å². The molecule has 0 saturated heterocycles. The van der Waals surface area contributed by atoms with Crippen LogP contribution in [0, 0.1) is 0 Å². The van der Waals surface area contributed by atoms with E-state index in [0.717, 1.165) is 0 Å². The molecule has 0 aromatic carbocycles. The van der Waals surface area contributed by atoms with Crippen LogP contribution in [0.3, 0.4) is 0 Å². The van der Waals surface area contributed by atoms with E-state index < -0.39 is 0 Å². The molecule has 1 nitrogen and oxygen atoms in total. The van der Waals surface area contributed by atoms with Gasteiger partial charge in [-0.25, -0.2) is 0 Å². The monoisotopic (exact) mass is 167 g/mol. The second-order valence-electron chi connectivity index (χ2n) is 2.79. The van der Waals surface area contributed by atoms with Gasteiger partial charge in [0.15, 0.2) is 5.66 Å². The summed E-state index contributed by atoms with van der Waals surface area (Å²) in [6.45, 7) is 4.10. The molecule has 0 aromatic heterocycles. The van der Waals surface area contributed by atoms with Gasteiger partial charge in [-0.3, -0.25) is 0 Å². The van der Waals surface area contributed by atoms with Crippen molar-refractivity contribution < 1.29 is 4.57 Å². The molecule has 0 saturated carbocycles. The van der Waals surface area contributed by atoms with Crippen LogP contribution in [0.25, 0.3) is 0 Å². The first-order valence-corrected chi connectivity index (χ1v) is 4.64. The Bertz CT molecular complexity index is 244. The van der Waals surface area contributed by atoms with Crippen molar-refractivity contribution in [2.75, 3.05) is 0 Å². The van der Waals surface area contributed by atoms with Crippen molar-refractivity contribution in [1.82, 2.24) is 0 Å². The Kier molecular flexibility index (Phi) is 2.78. The van der Waals surface area contributed by atoms with Crippen LogP contribution in [0.2, 0.25) is 0 Å². The minimum absolute atomic E-state index is 0.130. The van der Waals surface area contributed by atoms with E-state index in [1.165, 1.54) is 11.1 Å². The second kappa shape index (κ2) is 3.64. The van der Waals surface area contributed by atoms with Gasteiger partial charge in [0.2, 0.25) is 0 Å². The molecule has 0 heterocycles. The standard InChI is InChI=1S/C9H11OP/c1-7(2)8-5-3-4-6-9(8)11-10/h3-6,9H,1-2H3/p+1. The number of allylic oxidation sites excluding steroid dienone is 6. The first kappa shape index (κ1) is 8.42. The van der Waals surface area contributed by atoms with E-state index in [0.29, 0.717) is 0 Å². The Hall–Kier alpha value is -0.680. The van der Waals surface area contributed by atoms with Crippen molar-refractivity contribution >= 4 is 8.46 Å². The molecule has 1 aliphatic rings. The van der Waals surface area contributed by atoms with Gasteiger partial charge in [-0.05, 0) is 19.9 Å². The number of hydrogen-bond acceptors (Lipinski definition) is 1. The SMILES string of the molecule is CC(C)=C1C=CC=CC1[PH+]=O. The molecule has 0 radical (unpaired) electrons. The van der Waals surface area contributed by atoms with Gasteiger partial charge in [-0.2, -0.15) is 0 Å². The highest BCUT2D eigenvalue weighted by Gasteiger charge is 2.18. The summed E-state index contributed by atoms with van der Waals surface area (Å²) in [6, 6.07) is 0. The zero-order chi connectivity index (χ0) is 8.27. The van der Waals surface area contributed by atoms with Crippen molar-refractivity contribution in [3.63, 3.8) is 0 Å². The maximum Gasteiger partial charge on any atom is 0.336 e. The fraction of sp³-hybridized carbons (Fsp3) is 0.333. The van der Waals surface area contributed by atoms with Crippen molar-refractivity contribution in [3.8, 4) is 0 Å². The molecule has 2 unspecified atom stereocenters. The zero-order valence-corrected chi connectivity index (χ0v) is 7.79. The van der Waals surface area contributed by atoms with Gasteiger partial charge in [-0.1, -0.05) is 28.4 Å². The molecule has 0 spiro atoms. The molecule has 0 fully saturated rings. The summed E-state index contributed by atoms with van der Waals surface area (Å²) in [6.07, 6.45) is 7.94. The molecule has 0 N–H and O–H groups in total. The Morgan fingerprint density at radius 3 is 2.64 bits per heavy atom. The highest BCUT2D eigenvalue weighted by molar-refractivity contribution is 7.25. The maximum atomic E-state index is 10.7. The first-order valence-electron chi connectivity index (χ1n) is 3.65. The van der Waals surface area contributed by atoms with Gasteiger partial charge in [0, 0.05) is 5.57 Å². The van der Waals surface area contributed by atoms with Gasteiger partial charge >= 0.3 is 8.46 Å². The van der Waals surface area contributed by atoms with Crippen LogP contribution >= 0.6 is 8.46 Å². The Morgan fingerprint density at radius 2 is 2.18 bits per heavy atom.